The van der Waals surface area contributed by atoms with E-state index in [1.54, 1.807) is 12.1 Å². The third-order valence-electron chi connectivity index (χ3n) is 9.54. The van der Waals surface area contributed by atoms with Crippen LogP contribution in [0.5, 0.6) is 0 Å². The highest BCUT2D eigenvalue weighted by Crippen LogP contribution is 2.46. The van der Waals surface area contributed by atoms with Gasteiger partial charge in [0.1, 0.15) is 6.10 Å². The number of hydrogen-bond donors (Lipinski definition) is 3. The molecule has 0 radical (unpaired) electrons. The fraction of sp³-hybridized carbons (Fsp3) is 0.594. The fourth-order valence-corrected chi connectivity index (χ4v) is 8.55. The normalized spacial score (nSPS) is 28.2. The molecular formula is C32H44N4O7S. The smallest absolute Gasteiger partial charge is 0.407 e. The van der Waals surface area contributed by atoms with Crippen LogP contribution in [0.3, 0.4) is 0 Å². The zero-order valence-electron chi connectivity index (χ0n) is 25.3. The molecule has 0 spiro atoms. The minimum Gasteiger partial charge on any atom is -0.443 e. The summed E-state index contributed by atoms with van der Waals surface area (Å²) in [6.45, 7) is 6.32. The van der Waals surface area contributed by atoms with Crippen molar-refractivity contribution in [2.75, 3.05) is 38.5 Å². The monoisotopic (exact) mass is 628 g/mol. The third-order valence-corrected chi connectivity index (χ3v) is 11.4. The van der Waals surface area contributed by atoms with E-state index in [2.05, 4.69) is 24.1 Å². The first-order valence-corrected chi connectivity index (χ1v) is 17.1. The first-order valence-electron chi connectivity index (χ1n) is 15.6. The number of nitrogens with two attached hydrogens (primary N) is 1. The SMILES string of the molecule is CC(C)N1CC(CN(C[C@@H](O)[C@H](Cc2ccccc2)NC(=O)OC2C3COC4OC2CC4C3)S(=O)(=O)c2ccc(N)cc2)C1. The van der Waals surface area contributed by atoms with Gasteiger partial charge in [-0.2, -0.15) is 4.31 Å². The van der Waals surface area contributed by atoms with Gasteiger partial charge in [0.05, 0.1) is 29.8 Å². The topological polar surface area (TPSA) is 144 Å². The maximum absolute atomic E-state index is 13.9. The first kappa shape index (κ1) is 31.3. The maximum Gasteiger partial charge on any atom is 0.407 e. The van der Waals surface area contributed by atoms with Gasteiger partial charge in [0.25, 0.3) is 0 Å². The van der Waals surface area contributed by atoms with Crippen LogP contribution in [0.2, 0.25) is 0 Å². The lowest BCUT2D eigenvalue weighted by atomic mass is 9.78. The quantitative estimate of drug-likeness (QED) is 0.302. The molecule has 44 heavy (non-hydrogen) atoms. The molecule has 4 aliphatic rings. The number of aliphatic hydroxyl groups is 1. The van der Waals surface area contributed by atoms with Crippen LogP contribution >= 0.6 is 0 Å². The summed E-state index contributed by atoms with van der Waals surface area (Å²) in [5, 5.41) is 14.5. The minimum atomic E-state index is -3.97. The van der Waals surface area contributed by atoms with Crippen molar-refractivity contribution in [3.05, 3.63) is 60.2 Å². The van der Waals surface area contributed by atoms with E-state index >= 15 is 0 Å². The summed E-state index contributed by atoms with van der Waals surface area (Å²) in [5.74, 6) is 0.526. The number of amides is 1. The number of carbonyl (C=O) groups excluding carboxylic acids is 1. The fourth-order valence-electron chi connectivity index (χ4n) is 7.01. The zero-order chi connectivity index (χ0) is 31.0. The average molecular weight is 629 g/mol. The number of ether oxygens (including phenoxy) is 3. The molecule has 1 saturated carbocycles. The Kier molecular flexibility index (Phi) is 9.19. The predicted octanol–water partition coefficient (Wildman–Crippen LogP) is 2.45. The van der Waals surface area contributed by atoms with Crippen molar-refractivity contribution < 1.29 is 32.5 Å². The van der Waals surface area contributed by atoms with E-state index in [1.165, 1.54) is 16.4 Å². The third kappa shape index (κ3) is 6.75. The second-order valence-corrected chi connectivity index (χ2v) is 15.0. The number of alkyl carbamates (subject to hydrolysis) is 1. The number of nitrogens with one attached hydrogen (secondary N) is 1. The van der Waals surface area contributed by atoms with E-state index in [0.717, 1.165) is 31.5 Å². The highest BCUT2D eigenvalue weighted by atomic mass is 32.2. The Balaban J connectivity index is 1.19. The number of rotatable bonds is 12. The Labute approximate surface area is 259 Å². The van der Waals surface area contributed by atoms with Gasteiger partial charge in [0.2, 0.25) is 10.0 Å². The van der Waals surface area contributed by atoms with E-state index in [1.807, 2.05) is 30.3 Å². The Bertz CT molecular complexity index is 1380. The first-order chi connectivity index (χ1) is 21.1. The molecule has 3 heterocycles. The number of hydrogen-bond acceptors (Lipinski definition) is 9. The van der Waals surface area contributed by atoms with Gasteiger partial charge in [-0.3, -0.25) is 0 Å². The molecule has 6 rings (SSSR count). The van der Waals surface area contributed by atoms with Gasteiger partial charge in [0.15, 0.2) is 6.29 Å². The molecule has 2 aromatic rings. The molecule has 240 valence electrons. The molecule has 1 aliphatic carbocycles. The van der Waals surface area contributed by atoms with Gasteiger partial charge in [-0.15, -0.1) is 0 Å². The van der Waals surface area contributed by atoms with E-state index in [9.17, 15) is 18.3 Å². The van der Waals surface area contributed by atoms with Gasteiger partial charge in [-0.05, 0) is 68.9 Å². The molecule has 7 atom stereocenters. The van der Waals surface area contributed by atoms with E-state index in [-0.39, 0.29) is 42.2 Å². The molecule has 2 aromatic carbocycles. The number of fused-ring (bicyclic) bond motifs is 2. The molecule has 3 bridgehead atoms. The summed E-state index contributed by atoms with van der Waals surface area (Å²) in [6, 6.07) is 15.1. The van der Waals surface area contributed by atoms with Crippen molar-refractivity contribution in [1.29, 1.82) is 0 Å². The number of sulfonamides is 1. The average Bonchev–Trinajstić information content (AvgIpc) is 3.27. The van der Waals surface area contributed by atoms with Gasteiger partial charge in [-0.1, -0.05) is 30.3 Å². The predicted molar refractivity (Wildman–Crippen MR) is 164 cm³/mol. The standard InChI is InChI=1S/C32H44N4O7S/c1-20(2)35-15-22(16-35)17-36(44(39,40)26-10-8-25(33)9-11-26)18-28(37)27(12-21-6-4-3-5-7-21)34-32(38)43-30-24-13-23-14-29(30)42-31(23)41-19-24/h3-11,20,22-24,27-31,37H,12-19,33H2,1-2H3,(H,34,38)/t23?,24?,27-,28+,29?,30?,31?/m0/s1. The maximum atomic E-state index is 13.9. The molecule has 12 heteroatoms. The van der Waals surface area contributed by atoms with Crippen molar-refractivity contribution in [1.82, 2.24) is 14.5 Å². The van der Waals surface area contributed by atoms with E-state index < -0.39 is 34.4 Å². The van der Waals surface area contributed by atoms with Crippen molar-refractivity contribution in [3.8, 4) is 0 Å². The molecule has 5 unspecified atom stereocenters. The van der Waals surface area contributed by atoms with Gasteiger partial charge in [-0.25, -0.2) is 13.2 Å². The number of benzene rings is 2. The summed E-state index contributed by atoms with van der Waals surface area (Å²) in [4.78, 5) is 15.7. The van der Waals surface area contributed by atoms with Crippen LogP contribution in [0, 0.1) is 17.8 Å². The number of aliphatic hydroxyl groups excluding tert-OH is 1. The van der Waals surface area contributed by atoms with Crippen LogP contribution in [-0.4, -0.2) is 98.3 Å². The molecule has 4 N–H and O–H groups in total. The molecule has 4 fully saturated rings. The Morgan fingerprint density at radius 3 is 2.55 bits per heavy atom. The molecule has 3 aliphatic heterocycles. The van der Waals surface area contributed by atoms with Crippen molar-refractivity contribution in [2.24, 2.45) is 17.8 Å². The Morgan fingerprint density at radius 2 is 1.84 bits per heavy atom. The molecular weight excluding hydrogens is 584 g/mol. The highest BCUT2D eigenvalue weighted by Gasteiger charge is 2.53. The summed E-state index contributed by atoms with van der Waals surface area (Å²) in [5.41, 5.74) is 7.18. The summed E-state index contributed by atoms with van der Waals surface area (Å²) in [6.07, 6.45) is -0.764. The van der Waals surface area contributed by atoms with Crippen LogP contribution in [0.4, 0.5) is 10.5 Å². The number of anilines is 1. The van der Waals surface area contributed by atoms with Crippen molar-refractivity contribution in [2.45, 2.75) is 74.7 Å². The molecule has 3 saturated heterocycles. The van der Waals surface area contributed by atoms with Crippen LogP contribution < -0.4 is 11.1 Å². The second kappa shape index (κ2) is 12.9. The van der Waals surface area contributed by atoms with Crippen molar-refractivity contribution in [3.63, 3.8) is 0 Å². The number of nitrogen functional groups attached to an aromatic ring is 1. The molecule has 11 nitrogen and oxygen atoms in total. The van der Waals surface area contributed by atoms with Crippen LogP contribution in [0.1, 0.15) is 32.3 Å². The number of likely N-dealkylation sites (tertiary alicyclic amines) is 1. The molecule has 1 amide bonds. The summed E-state index contributed by atoms with van der Waals surface area (Å²) < 4.78 is 46.9. The lowest BCUT2D eigenvalue weighted by molar-refractivity contribution is -0.153. The lowest BCUT2D eigenvalue weighted by Gasteiger charge is -2.44. The van der Waals surface area contributed by atoms with Crippen LogP contribution in [-0.2, 0) is 30.7 Å². The minimum absolute atomic E-state index is 0.0640. The Hall–Kier alpha value is -2.74. The van der Waals surface area contributed by atoms with Gasteiger partial charge in [0, 0.05) is 49.7 Å². The number of nitrogens with zero attached hydrogens (tertiary/aromatic N) is 2. The zero-order valence-corrected chi connectivity index (χ0v) is 26.1. The van der Waals surface area contributed by atoms with Gasteiger partial charge >= 0.3 is 6.09 Å². The van der Waals surface area contributed by atoms with Crippen molar-refractivity contribution >= 4 is 21.8 Å². The van der Waals surface area contributed by atoms with Gasteiger partial charge < -0.3 is 35.3 Å². The lowest BCUT2D eigenvalue weighted by Crippen LogP contribution is -2.57. The van der Waals surface area contributed by atoms with Crippen LogP contribution in [0.25, 0.3) is 0 Å². The second-order valence-electron chi connectivity index (χ2n) is 13.1. The summed E-state index contributed by atoms with van der Waals surface area (Å²) >= 11 is 0. The highest BCUT2D eigenvalue weighted by molar-refractivity contribution is 7.89. The summed E-state index contributed by atoms with van der Waals surface area (Å²) in [7, 11) is -3.97. The number of carbonyl (C=O) groups is 1. The van der Waals surface area contributed by atoms with E-state index in [0.29, 0.717) is 30.7 Å². The largest absolute Gasteiger partial charge is 0.443 e. The van der Waals surface area contributed by atoms with E-state index in [4.69, 9.17) is 19.9 Å². The molecule has 0 aromatic heterocycles. The Morgan fingerprint density at radius 1 is 1.11 bits per heavy atom. The van der Waals surface area contributed by atoms with Crippen LogP contribution in [0.15, 0.2) is 59.5 Å².